The number of rotatable bonds is 6. The first-order chi connectivity index (χ1) is 9.06. The first-order valence-electron chi connectivity index (χ1n) is 5.63. The van der Waals surface area contributed by atoms with Crippen LogP contribution in [0.5, 0.6) is 0 Å². The third-order valence-electron chi connectivity index (χ3n) is 2.38. The Labute approximate surface area is 125 Å². The summed E-state index contributed by atoms with van der Waals surface area (Å²) in [6.45, 7) is 0. The average Bonchev–Trinajstić information content (AvgIpc) is 2.42. The summed E-state index contributed by atoms with van der Waals surface area (Å²) in [5.74, 6) is -0.669. The molecule has 19 heavy (non-hydrogen) atoms. The van der Waals surface area contributed by atoms with Gasteiger partial charge in [-0.05, 0) is 24.6 Å². The quantitative estimate of drug-likeness (QED) is 0.585. The molecule has 0 radical (unpaired) electrons. The van der Waals surface area contributed by atoms with Gasteiger partial charge in [0.2, 0.25) is 0 Å². The Hall–Kier alpha value is -1.01. The third-order valence-corrected chi connectivity index (χ3v) is 4.11. The molecule has 0 spiro atoms. The van der Waals surface area contributed by atoms with Gasteiger partial charge in [-0.25, -0.2) is 0 Å². The summed E-state index contributed by atoms with van der Waals surface area (Å²) in [7, 11) is 2.67. The van der Waals surface area contributed by atoms with E-state index in [1.807, 2.05) is 24.3 Å². The number of hydrogen-bond acceptors (Lipinski definition) is 5. The van der Waals surface area contributed by atoms with Crippen molar-refractivity contribution in [3.05, 3.63) is 28.7 Å². The zero-order chi connectivity index (χ0) is 14.3. The molecule has 0 fully saturated rings. The van der Waals surface area contributed by atoms with E-state index in [4.69, 9.17) is 4.74 Å². The fourth-order valence-electron chi connectivity index (χ4n) is 1.41. The molecule has 0 aliphatic carbocycles. The molecule has 1 atom stereocenters. The second-order valence-corrected chi connectivity index (χ2v) is 5.89. The lowest BCUT2D eigenvalue weighted by atomic mass is 10.2. The van der Waals surface area contributed by atoms with Crippen molar-refractivity contribution < 1.29 is 19.1 Å². The topological polar surface area (TPSA) is 52.6 Å². The summed E-state index contributed by atoms with van der Waals surface area (Å²) >= 11 is 4.75. The van der Waals surface area contributed by atoms with Crippen LogP contribution in [0.2, 0.25) is 0 Å². The summed E-state index contributed by atoms with van der Waals surface area (Å²) in [5.41, 5.74) is 0. The van der Waals surface area contributed by atoms with Crippen LogP contribution in [0.3, 0.4) is 0 Å². The average molecular weight is 347 g/mol. The Morgan fingerprint density at radius 2 is 2.05 bits per heavy atom. The van der Waals surface area contributed by atoms with Crippen molar-refractivity contribution in [2.24, 2.45) is 0 Å². The van der Waals surface area contributed by atoms with Gasteiger partial charge < -0.3 is 9.47 Å². The highest BCUT2D eigenvalue weighted by Crippen LogP contribution is 2.29. The molecule has 1 unspecified atom stereocenters. The summed E-state index contributed by atoms with van der Waals surface area (Å²) < 4.78 is 10.3. The maximum absolute atomic E-state index is 11.7. The van der Waals surface area contributed by atoms with E-state index in [1.54, 1.807) is 0 Å². The Morgan fingerprint density at radius 3 is 2.63 bits per heavy atom. The minimum atomic E-state index is -0.418. The van der Waals surface area contributed by atoms with Gasteiger partial charge in [-0.15, -0.1) is 11.8 Å². The van der Waals surface area contributed by atoms with Crippen LogP contribution in [0.25, 0.3) is 0 Å². The van der Waals surface area contributed by atoms with Crippen LogP contribution in [-0.4, -0.2) is 31.4 Å². The van der Waals surface area contributed by atoms with Gasteiger partial charge in [0.05, 0.1) is 14.2 Å². The second-order valence-electron chi connectivity index (χ2n) is 3.70. The molecule has 1 aromatic rings. The molecule has 0 aromatic heterocycles. The molecule has 0 saturated heterocycles. The van der Waals surface area contributed by atoms with E-state index >= 15 is 0 Å². The molecule has 1 rings (SSSR count). The highest BCUT2D eigenvalue weighted by molar-refractivity contribution is 9.10. The van der Waals surface area contributed by atoms with Gasteiger partial charge in [-0.1, -0.05) is 22.0 Å². The van der Waals surface area contributed by atoms with E-state index in [0.29, 0.717) is 6.42 Å². The van der Waals surface area contributed by atoms with Crippen molar-refractivity contribution in [2.45, 2.75) is 23.0 Å². The van der Waals surface area contributed by atoms with E-state index in [9.17, 15) is 9.59 Å². The lowest BCUT2D eigenvalue weighted by Crippen LogP contribution is -2.20. The highest BCUT2D eigenvalue weighted by atomic mass is 79.9. The van der Waals surface area contributed by atoms with Gasteiger partial charge in [0.25, 0.3) is 0 Å². The monoisotopic (exact) mass is 346 g/mol. The van der Waals surface area contributed by atoms with Gasteiger partial charge in [0.1, 0.15) is 5.25 Å². The molecular weight excluding hydrogens is 332 g/mol. The Morgan fingerprint density at radius 1 is 1.32 bits per heavy atom. The minimum absolute atomic E-state index is 0.192. The number of benzene rings is 1. The zero-order valence-electron chi connectivity index (χ0n) is 10.7. The standard InChI is InChI=1S/C13H15BrO4S/c1-17-12(15)7-6-11(13(16)18-2)19-10-5-3-4-9(14)8-10/h3-5,8,11H,6-7H2,1-2H3. The molecule has 0 aliphatic heterocycles. The number of halogens is 1. The van der Waals surface area contributed by atoms with Crippen molar-refractivity contribution >= 4 is 39.6 Å². The largest absolute Gasteiger partial charge is 0.469 e. The molecule has 1 aromatic carbocycles. The number of carbonyl (C=O) groups is 2. The SMILES string of the molecule is COC(=O)CCC(Sc1cccc(Br)c1)C(=O)OC. The molecule has 6 heteroatoms. The van der Waals surface area contributed by atoms with Crippen molar-refractivity contribution in [1.82, 2.24) is 0 Å². The number of hydrogen-bond donors (Lipinski definition) is 0. The predicted octanol–water partition coefficient (Wildman–Crippen LogP) is 3.04. The predicted molar refractivity (Wildman–Crippen MR) is 77.1 cm³/mol. The van der Waals surface area contributed by atoms with Crippen molar-refractivity contribution in [2.75, 3.05) is 14.2 Å². The number of thioether (sulfide) groups is 1. The second kappa shape index (κ2) is 8.22. The normalized spacial score (nSPS) is 11.7. The van der Waals surface area contributed by atoms with Crippen molar-refractivity contribution in [3.8, 4) is 0 Å². The Kier molecular flexibility index (Phi) is 6.94. The van der Waals surface area contributed by atoms with Crippen LogP contribution < -0.4 is 0 Å². The van der Waals surface area contributed by atoms with Crippen LogP contribution >= 0.6 is 27.7 Å². The first-order valence-corrected chi connectivity index (χ1v) is 7.31. The number of esters is 2. The van der Waals surface area contributed by atoms with Gasteiger partial charge in [-0.2, -0.15) is 0 Å². The van der Waals surface area contributed by atoms with Gasteiger partial charge in [0, 0.05) is 15.8 Å². The molecule has 0 N–H and O–H groups in total. The summed E-state index contributed by atoms with van der Waals surface area (Å²) in [5, 5.41) is -0.418. The van der Waals surface area contributed by atoms with Crippen LogP contribution in [0.15, 0.2) is 33.6 Å². The zero-order valence-corrected chi connectivity index (χ0v) is 13.1. The molecule has 0 bridgehead atoms. The fourth-order valence-corrected chi connectivity index (χ4v) is 3.07. The first kappa shape index (κ1) is 16.0. The molecule has 4 nitrogen and oxygen atoms in total. The van der Waals surface area contributed by atoms with E-state index < -0.39 is 5.25 Å². The Balaban J connectivity index is 2.69. The van der Waals surface area contributed by atoms with Crippen molar-refractivity contribution in [1.29, 1.82) is 0 Å². The number of carbonyl (C=O) groups excluding carboxylic acids is 2. The summed E-state index contributed by atoms with van der Waals surface area (Å²) in [6.07, 6.45) is 0.577. The van der Waals surface area contributed by atoms with Gasteiger partial charge in [-0.3, -0.25) is 9.59 Å². The van der Waals surface area contributed by atoms with Gasteiger partial charge >= 0.3 is 11.9 Å². The van der Waals surface area contributed by atoms with Crippen LogP contribution in [0.1, 0.15) is 12.8 Å². The lowest BCUT2D eigenvalue weighted by molar-refractivity contribution is -0.142. The Bertz CT molecular complexity index is 450. The van der Waals surface area contributed by atoms with Crippen LogP contribution in [0.4, 0.5) is 0 Å². The van der Waals surface area contributed by atoms with Crippen LogP contribution in [0, 0.1) is 0 Å². The molecular formula is C13H15BrO4S. The number of methoxy groups -OCH3 is 2. The fraction of sp³-hybridized carbons (Fsp3) is 0.385. The minimum Gasteiger partial charge on any atom is -0.469 e. The molecule has 0 saturated carbocycles. The van der Waals surface area contributed by atoms with Gasteiger partial charge in [0.15, 0.2) is 0 Å². The maximum Gasteiger partial charge on any atom is 0.319 e. The highest BCUT2D eigenvalue weighted by Gasteiger charge is 2.22. The smallest absolute Gasteiger partial charge is 0.319 e. The molecule has 0 aliphatic rings. The molecule has 104 valence electrons. The third kappa shape index (κ3) is 5.65. The maximum atomic E-state index is 11.7. The van der Waals surface area contributed by atoms with E-state index in [1.165, 1.54) is 26.0 Å². The summed E-state index contributed by atoms with van der Waals surface area (Å²) in [6, 6.07) is 7.62. The van der Waals surface area contributed by atoms with E-state index in [0.717, 1.165) is 9.37 Å². The van der Waals surface area contributed by atoms with E-state index in [-0.39, 0.29) is 18.4 Å². The lowest BCUT2D eigenvalue weighted by Gasteiger charge is -2.13. The number of ether oxygens (including phenoxy) is 2. The van der Waals surface area contributed by atoms with E-state index in [2.05, 4.69) is 20.7 Å². The van der Waals surface area contributed by atoms with Crippen LogP contribution in [-0.2, 0) is 19.1 Å². The van der Waals surface area contributed by atoms with Crippen molar-refractivity contribution in [3.63, 3.8) is 0 Å². The molecule has 0 amide bonds. The molecule has 0 heterocycles. The summed E-state index contributed by atoms with van der Waals surface area (Å²) in [4.78, 5) is 23.8.